The van der Waals surface area contributed by atoms with Crippen LogP contribution in [0.2, 0.25) is 0 Å². The van der Waals surface area contributed by atoms with Crippen molar-refractivity contribution in [3.8, 4) is 5.75 Å². The van der Waals surface area contributed by atoms with Gasteiger partial charge in [-0.25, -0.2) is 13.6 Å². The number of hydrogen-bond acceptors (Lipinski definition) is 5. The van der Waals surface area contributed by atoms with E-state index >= 15 is 0 Å². The van der Waals surface area contributed by atoms with Crippen LogP contribution in [0.3, 0.4) is 0 Å². The molecule has 1 aliphatic rings. The summed E-state index contributed by atoms with van der Waals surface area (Å²) in [6.07, 6.45) is 2.26. The Balaban J connectivity index is 1.59. The Kier molecular flexibility index (Phi) is 5.50. The van der Waals surface area contributed by atoms with Crippen molar-refractivity contribution >= 4 is 29.3 Å². The molecule has 0 saturated carbocycles. The highest BCUT2D eigenvalue weighted by Crippen LogP contribution is 2.42. The Morgan fingerprint density at radius 2 is 1.87 bits per heavy atom. The number of benzene rings is 2. The number of nitrogens with zero attached hydrogens (tertiary/aromatic N) is 2. The highest BCUT2D eigenvalue weighted by molar-refractivity contribution is 8.00. The number of aromatic nitrogens is 1. The molecule has 1 amide bonds. The molecule has 3 aromatic rings. The van der Waals surface area contributed by atoms with Crippen molar-refractivity contribution in [2.45, 2.75) is 12.3 Å². The number of amides is 1. The first-order valence-electron chi connectivity index (χ1n) is 9.05. The van der Waals surface area contributed by atoms with Crippen LogP contribution in [0.4, 0.5) is 14.5 Å². The standard InChI is InChI=1S/C22H16F2N2O3S/c1-13-8-15(22(28)29-18-9-17(24)10-25-11-18)4-7-19(13)26-20(27)12-30-21(26)14-2-5-16(23)6-3-14/h2-11,21H,12H2,1H3. The van der Waals surface area contributed by atoms with Gasteiger partial charge in [0, 0.05) is 11.8 Å². The molecule has 30 heavy (non-hydrogen) atoms. The largest absolute Gasteiger partial charge is 0.421 e. The van der Waals surface area contributed by atoms with E-state index < -0.39 is 11.8 Å². The second kappa shape index (κ2) is 8.23. The summed E-state index contributed by atoms with van der Waals surface area (Å²) in [6.45, 7) is 1.79. The van der Waals surface area contributed by atoms with Gasteiger partial charge in [0.15, 0.2) is 5.75 Å². The maximum atomic E-state index is 13.3. The third-order valence-corrected chi connectivity index (χ3v) is 5.82. The summed E-state index contributed by atoms with van der Waals surface area (Å²) < 4.78 is 31.7. The first-order chi connectivity index (χ1) is 14.4. The summed E-state index contributed by atoms with van der Waals surface area (Å²) in [5, 5.41) is -0.284. The Hall–Kier alpha value is -3.26. The second-order valence-corrected chi connectivity index (χ2v) is 7.78. The smallest absolute Gasteiger partial charge is 0.343 e. The van der Waals surface area contributed by atoms with Crippen molar-refractivity contribution in [3.63, 3.8) is 0 Å². The number of esters is 1. The Morgan fingerprint density at radius 1 is 1.10 bits per heavy atom. The molecule has 0 spiro atoms. The molecule has 0 bridgehead atoms. The zero-order chi connectivity index (χ0) is 21.3. The van der Waals surface area contributed by atoms with Gasteiger partial charge in [-0.3, -0.25) is 14.7 Å². The van der Waals surface area contributed by atoms with Crippen LogP contribution in [0.5, 0.6) is 5.75 Å². The number of rotatable bonds is 4. The predicted molar refractivity (Wildman–Crippen MR) is 109 cm³/mol. The van der Waals surface area contributed by atoms with Crippen LogP contribution in [-0.2, 0) is 4.79 Å². The van der Waals surface area contributed by atoms with E-state index in [1.54, 1.807) is 42.2 Å². The molecular formula is C22H16F2N2O3S. The van der Waals surface area contributed by atoms with Gasteiger partial charge in [-0.15, -0.1) is 11.8 Å². The second-order valence-electron chi connectivity index (χ2n) is 6.71. The lowest BCUT2D eigenvalue weighted by Crippen LogP contribution is -2.28. The van der Waals surface area contributed by atoms with Crippen molar-refractivity contribution in [2.75, 3.05) is 10.7 Å². The molecule has 2 aromatic carbocycles. The lowest BCUT2D eigenvalue weighted by molar-refractivity contribution is -0.115. The van der Waals surface area contributed by atoms with E-state index in [0.717, 1.165) is 17.8 Å². The van der Waals surface area contributed by atoms with Gasteiger partial charge in [0.25, 0.3) is 0 Å². The predicted octanol–water partition coefficient (Wildman–Crippen LogP) is 4.67. The van der Waals surface area contributed by atoms with Crippen molar-refractivity contribution < 1.29 is 23.1 Å². The number of halogens is 2. The SMILES string of the molecule is Cc1cc(C(=O)Oc2cncc(F)c2)ccc1N1C(=O)CSC1c1ccc(F)cc1. The van der Waals surface area contributed by atoms with Crippen LogP contribution in [0.15, 0.2) is 60.9 Å². The first-order valence-corrected chi connectivity index (χ1v) is 10.1. The quantitative estimate of drug-likeness (QED) is 0.568. The topological polar surface area (TPSA) is 59.5 Å². The van der Waals surface area contributed by atoms with Crippen LogP contribution >= 0.6 is 11.8 Å². The maximum Gasteiger partial charge on any atom is 0.343 e. The highest BCUT2D eigenvalue weighted by Gasteiger charge is 2.35. The summed E-state index contributed by atoms with van der Waals surface area (Å²) in [5.41, 5.74) is 2.43. The average Bonchev–Trinajstić information content (AvgIpc) is 3.09. The van der Waals surface area contributed by atoms with Gasteiger partial charge in [-0.1, -0.05) is 12.1 Å². The fourth-order valence-corrected chi connectivity index (χ4v) is 4.39. The monoisotopic (exact) mass is 426 g/mol. The molecular weight excluding hydrogens is 410 g/mol. The minimum absolute atomic E-state index is 0.00391. The summed E-state index contributed by atoms with van der Waals surface area (Å²) in [4.78, 5) is 30.3. The summed E-state index contributed by atoms with van der Waals surface area (Å²) in [7, 11) is 0. The molecule has 1 aromatic heterocycles. The van der Waals surface area contributed by atoms with Crippen LogP contribution < -0.4 is 9.64 Å². The zero-order valence-electron chi connectivity index (χ0n) is 15.8. The number of carbonyl (C=O) groups excluding carboxylic acids is 2. The molecule has 1 atom stereocenters. The zero-order valence-corrected chi connectivity index (χ0v) is 16.7. The average molecular weight is 426 g/mol. The molecule has 0 radical (unpaired) electrons. The Labute approximate surface area is 175 Å². The molecule has 0 N–H and O–H groups in total. The fraction of sp³-hybridized carbons (Fsp3) is 0.136. The van der Waals surface area contributed by atoms with E-state index in [-0.39, 0.29) is 28.4 Å². The number of hydrogen-bond donors (Lipinski definition) is 0. The van der Waals surface area contributed by atoms with E-state index in [4.69, 9.17) is 4.74 Å². The maximum absolute atomic E-state index is 13.3. The van der Waals surface area contributed by atoms with E-state index in [1.807, 2.05) is 0 Å². The van der Waals surface area contributed by atoms with Gasteiger partial charge in [-0.05, 0) is 48.4 Å². The number of anilines is 1. The van der Waals surface area contributed by atoms with Crippen LogP contribution in [0, 0.1) is 18.6 Å². The molecule has 1 fully saturated rings. The van der Waals surface area contributed by atoms with E-state index in [9.17, 15) is 18.4 Å². The van der Waals surface area contributed by atoms with Crippen molar-refractivity contribution in [1.29, 1.82) is 0 Å². The van der Waals surface area contributed by atoms with Gasteiger partial charge in [0.2, 0.25) is 5.91 Å². The normalized spacial score (nSPS) is 16.0. The van der Waals surface area contributed by atoms with Crippen LogP contribution in [0.1, 0.15) is 26.9 Å². The molecule has 5 nitrogen and oxygen atoms in total. The number of pyridine rings is 1. The van der Waals surface area contributed by atoms with E-state index in [0.29, 0.717) is 17.0 Å². The molecule has 4 rings (SSSR count). The number of carbonyl (C=O) groups is 2. The third-order valence-electron chi connectivity index (χ3n) is 4.61. The molecule has 152 valence electrons. The highest BCUT2D eigenvalue weighted by atomic mass is 32.2. The molecule has 8 heteroatoms. The van der Waals surface area contributed by atoms with Crippen LogP contribution in [0.25, 0.3) is 0 Å². The summed E-state index contributed by atoms with van der Waals surface area (Å²) >= 11 is 1.45. The van der Waals surface area contributed by atoms with Gasteiger partial charge in [-0.2, -0.15) is 0 Å². The lowest BCUT2D eigenvalue weighted by atomic mass is 10.1. The minimum Gasteiger partial charge on any atom is -0.421 e. The summed E-state index contributed by atoms with van der Waals surface area (Å²) in [5.74, 6) is -1.37. The van der Waals surface area contributed by atoms with Crippen molar-refractivity contribution in [2.24, 2.45) is 0 Å². The van der Waals surface area contributed by atoms with E-state index in [1.165, 1.54) is 30.1 Å². The molecule has 0 aliphatic carbocycles. The number of ether oxygens (including phenoxy) is 1. The first kappa shape index (κ1) is 20.0. The number of aryl methyl sites for hydroxylation is 1. The van der Waals surface area contributed by atoms with Gasteiger partial charge >= 0.3 is 5.97 Å². The van der Waals surface area contributed by atoms with Gasteiger partial charge in [0.05, 0.1) is 23.7 Å². The van der Waals surface area contributed by atoms with Crippen LogP contribution in [-0.4, -0.2) is 22.6 Å². The Bertz CT molecular complexity index is 1120. The van der Waals surface area contributed by atoms with Gasteiger partial charge in [0.1, 0.15) is 17.0 Å². The fourth-order valence-electron chi connectivity index (χ4n) is 3.23. The van der Waals surface area contributed by atoms with Crippen molar-refractivity contribution in [3.05, 3.63) is 89.2 Å². The van der Waals surface area contributed by atoms with E-state index in [2.05, 4.69) is 4.98 Å². The summed E-state index contributed by atoms with van der Waals surface area (Å²) in [6, 6.07) is 12.0. The molecule has 1 saturated heterocycles. The minimum atomic E-state index is -0.658. The molecule has 2 heterocycles. The lowest BCUT2D eigenvalue weighted by Gasteiger charge is -2.26. The van der Waals surface area contributed by atoms with Gasteiger partial charge < -0.3 is 4.74 Å². The Morgan fingerprint density at radius 3 is 2.57 bits per heavy atom. The van der Waals surface area contributed by atoms with Crippen molar-refractivity contribution in [1.82, 2.24) is 4.98 Å². The number of thioether (sulfide) groups is 1. The molecule has 1 aliphatic heterocycles. The molecule has 1 unspecified atom stereocenters. The third kappa shape index (κ3) is 4.04.